The summed E-state index contributed by atoms with van der Waals surface area (Å²) < 4.78 is 1.08. The molecule has 1 rings (SSSR count). The second kappa shape index (κ2) is 8.22. The highest BCUT2D eigenvalue weighted by Crippen LogP contribution is 2.18. The van der Waals surface area contributed by atoms with Crippen molar-refractivity contribution in [1.29, 1.82) is 0 Å². The van der Waals surface area contributed by atoms with Gasteiger partial charge in [0, 0.05) is 23.0 Å². The van der Waals surface area contributed by atoms with Crippen molar-refractivity contribution in [3.8, 4) is 11.8 Å². The first-order chi connectivity index (χ1) is 9.78. The minimum Gasteiger partial charge on any atom is -0.298 e. The molecule has 21 heavy (non-hydrogen) atoms. The van der Waals surface area contributed by atoms with Gasteiger partial charge in [-0.1, -0.05) is 52.6 Å². The first kappa shape index (κ1) is 17.8. The van der Waals surface area contributed by atoms with Crippen LogP contribution in [0, 0.1) is 17.3 Å². The van der Waals surface area contributed by atoms with Crippen LogP contribution in [0.4, 0.5) is 0 Å². The molecule has 0 N–H and O–H groups in total. The van der Waals surface area contributed by atoms with Gasteiger partial charge in [-0.3, -0.25) is 4.90 Å². The summed E-state index contributed by atoms with van der Waals surface area (Å²) in [6.07, 6.45) is 4.02. The van der Waals surface area contributed by atoms with Crippen LogP contribution in [0.25, 0.3) is 5.57 Å². The van der Waals surface area contributed by atoms with Crippen LogP contribution in [-0.2, 0) is 0 Å². The standard InChI is InChI=1S/C19H24BrN/c1-16(17-10-9-11-18(20)14-17)15-21(5)13-8-6-7-12-19(2,3)4/h6,8-11,14H,1,13,15H2,2-5H3/b8-6+. The van der Waals surface area contributed by atoms with Gasteiger partial charge in [0.2, 0.25) is 0 Å². The fourth-order valence-corrected chi connectivity index (χ4v) is 2.14. The Morgan fingerprint density at radius 3 is 2.71 bits per heavy atom. The Kier molecular flexibility index (Phi) is 6.95. The van der Waals surface area contributed by atoms with E-state index in [2.05, 4.69) is 85.3 Å². The van der Waals surface area contributed by atoms with Crippen LogP contribution in [0.2, 0.25) is 0 Å². The number of allylic oxidation sites excluding steroid dienone is 1. The second-order valence-corrected chi connectivity index (χ2v) is 7.15. The van der Waals surface area contributed by atoms with Crippen molar-refractivity contribution in [2.75, 3.05) is 20.1 Å². The summed E-state index contributed by atoms with van der Waals surface area (Å²) in [5.41, 5.74) is 2.35. The number of nitrogens with zero attached hydrogens (tertiary/aromatic N) is 1. The molecule has 112 valence electrons. The molecule has 0 atom stereocenters. The summed E-state index contributed by atoms with van der Waals surface area (Å²) >= 11 is 3.49. The van der Waals surface area contributed by atoms with Gasteiger partial charge in [0.1, 0.15) is 0 Å². The number of hydrogen-bond donors (Lipinski definition) is 0. The van der Waals surface area contributed by atoms with E-state index in [1.807, 2.05) is 18.2 Å². The molecule has 0 radical (unpaired) electrons. The van der Waals surface area contributed by atoms with Crippen LogP contribution < -0.4 is 0 Å². The predicted molar refractivity (Wildman–Crippen MR) is 97.0 cm³/mol. The minimum atomic E-state index is 0.0607. The quantitative estimate of drug-likeness (QED) is 0.678. The van der Waals surface area contributed by atoms with Crippen molar-refractivity contribution in [2.24, 2.45) is 5.41 Å². The predicted octanol–water partition coefficient (Wildman–Crippen LogP) is 5.00. The van der Waals surface area contributed by atoms with Crippen LogP contribution >= 0.6 is 15.9 Å². The average molecular weight is 346 g/mol. The van der Waals surface area contributed by atoms with Crippen molar-refractivity contribution in [3.63, 3.8) is 0 Å². The highest BCUT2D eigenvalue weighted by Gasteiger charge is 2.03. The lowest BCUT2D eigenvalue weighted by Gasteiger charge is -2.16. The fourth-order valence-electron chi connectivity index (χ4n) is 1.74. The summed E-state index contributed by atoms with van der Waals surface area (Å²) in [5.74, 6) is 6.28. The lowest BCUT2D eigenvalue weighted by atomic mass is 9.98. The van der Waals surface area contributed by atoms with E-state index in [0.29, 0.717) is 0 Å². The maximum absolute atomic E-state index is 4.17. The molecule has 0 saturated carbocycles. The Morgan fingerprint density at radius 2 is 2.10 bits per heavy atom. The van der Waals surface area contributed by atoms with E-state index in [0.717, 1.165) is 23.1 Å². The summed E-state index contributed by atoms with van der Waals surface area (Å²) in [6, 6.07) is 8.25. The van der Waals surface area contributed by atoms with Crippen LogP contribution in [0.1, 0.15) is 26.3 Å². The molecule has 0 unspecified atom stereocenters. The number of likely N-dealkylation sites (N-methyl/N-ethyl adjacent to an activating group) is 1. The van der Waals surface area contributed by atoms with Gasteiger partial charge in [-0.25, -0.2) is 0 Å². The lowest BCUT2D eigenvalue weighted by Crippen LogP contribution is -2.20. The summed E-state index contributed by atoms with van der Waals surface area (Å²) in [4.78, 5) is 2.22. The first-order valence-corrected chi connectivity index (χ1v) is 7.87. The first-order valence-electron chi connectivity index (χ1n) is 7.08. The van der Waals surface area contributed by atoms with Crippen molar-refractivity contribution in [2.45, 2.75) is 20.8 Å². The summed E-state index contributed by atoms with van der Waals surface area (Å²) in [5, 5.41) is 0. The second-order valence-electron chi connectivity index (χ2n) is 6.23. The largest absolute Gasteiger partial charge is 0.298 e. The zero-order valence-electron chi connectivity index (χ0n) is 13.4. The average Bonchev–Trinajstić information content (AvgIpc) is 2.36. The van der Waals surface area contributed by atoms with E-state index in [9.17, 15) is 0 Å². The molecule has 0 bridgehead atoms. The molecule has 0 saturated heterocycles. The Hall–Kier alpha value is -1.30. The monoisotopic (exact) mass is 345 g/mol. The third kappa shape index (κ3) is 7.90. The van der Waals surface area contributed by atoms with Gasteiger partial charge in [-0.15, -0.1) is 0 Å². The molecule has 2 heteroatoms. The van der Waals surface area contributed by atoms with Crippen LogP contribution in [0.15, 0.2) is 47.5 Å². The number of benzene rings is 1. The van der Waals surface area contributed by atoms with E-state index in [1.165, 1.54) is 5.56 Å². The molecule has 1 aromatic carbocycles. The van der Waals surface area contributed by atoms with E-state index >= 15 is 0 Å². The van der Waals surface area contributed by atoms with Gasteiger partial charge >= 0.3 is 0 Å². The molecule has 0 aliphatic rings. The SMILES string of the molecule is C=C(CN(C)C/C=C/C#CC(C)(C)C)c1cccc(Br)c1. The highest BCUT2D eigenvalue weighted by atomic mass is 79.9. The van der Waals surface area contributed by atoms with Gasteiger partial charge in [0.05, 0.1) is 0 Å². The van der Waals surface area contributed by atoms with Crippen LogP contribution in [0.3, 0.4) is 0 Å². The molecule has 0 aromatic heterocycles. The highest BCUT2D eigenvalue weighted by molar-refractivity contribution is 9.10. The van der Waals surface area contributed by atoms with Gasteiger partial charge in [0.15, 0.2) is 0 Å². The number of rotatable bonds is 5. The molecular weight excluding hydrogens is 322 g/mol. The molecule has 0 aliphatic heterocycles. The third-order valence-electron chi connectivity index (χ3n) is 2.76. The molecule has 0 aliphatic carbocycles. The Balaban J connectivity index is 2.46. The smallest absolute Gasteiger partial charge is 0.0234 e. The number of hydrogen-bond acceptors (Lipinski definition) is 1. The van der Waals surface area contributed by atoms with E-state index < -0.39 is 0 Å². The van der Waals surface area contributed by atoms with E-state index in [4.69, 9.17) is 0 Å². The van der Waals surface area contributed by atoms with E-state index in [1.54, 1.807) is 0 Å². The molecular formula is C19H24BrN. The Labute approximate surface area is 137 Å². The molecule has 1 aromatic rings. The van der Waals surface area contributed by atoms with Crippen molar-refractivity contribution in [3.05, 3.63) is 53.0 Å². The summed E-state index contributed by atoms with van der Waals surface area (Å²) in [6.45, 7) is 12.2. The minimum absolute atomic E-state index is 0.0607. The van der Waals surface area contributed by atoms with Crippen molar-refractivity contribution >= 4 is 21.5 Å². The fraction of sp³-hybridized carbons (Fsp3) is 0.368. The Bertz CT molecular complexity index is 567. The molecule has 0 amide bonds. The Morgan fingerprint density at radius 1 is 1.38 bits per heavy atom. The zero-order chi connectivity index (χ0) is 15.9. The van der Waals surface area contributed by atoms with Gasteiger partial charge in [-0.05, 0) is 57.2 Å². The molecule has 0 spiro atoms. The van der Waals surface area contributed by atoms with E-state index in [-0.39, 0.29) is 5.41 Å². The molecule has 1 nitrogen and oxygen atoms in total. The molecule has 0 fully saturated rings. The van der Waals surface area contributed by atoms with Crippen LogP contribution in [-0.4, -0.2) is 25.0 Å². The maximum atomic E-state index is 4.17. The van der Waals surface area contributed by atoms with Crippen molar-refractivity contribution < 1.29 is 0 Å². The third-order valence-corrected chi connectivity index (χ3v) is 3.25. The van der Waals surface area contributed by atoms with Gasteiger partial charge < -0.3 is 0 Å². The van der Waals surface area contributed by atoms with Gasteiger partial charge in [0.25, 0.3) is 0 Å². The summed E-state index contributed by atoms with van der Waals surface area (Å²) in [7, 11) is 2.09. The van der Waals surface area contributed by atoms with Crippen molar-refractivity contribution in [1.82, 2.24) is 4.90 Å². The maximum Gasteiger partial charge on any atom is 0.0234 e. The van der Waals surface area contributed by atoms with Gasteiger partial charge in [-0.2, -0.15) is 0 Å². The zero-order valence-corrected chi connectivity index (χ0v) is 15.0. The number of halogens is 1. The lowest BCUT2D eigenvalue weighted by molar-refractivity contribution is 0.419. The van der Waals surface area contributed by atoms with Crippen LogP contribution in [0.5, 0.6) is 0 Å². The normalized spacial score (nSPS) is 11.5. The topological polar surface area (TPSA) is 3.24 Å². The molecule has 0 heterocycles.